The largest absolute Gasteiger partial charge is 0.357 e. The van der Waals surface area contributed by atoms with Gasteiger partial charge in [-0.15, -0.1) is 11.3 Å². The van der Waals surface area contributed by atoms with Crippen molar-refractivity contribution in [2.75, 3.05) is 6.54 Å². The van der Waals surface area contributed by atoms with E-state index in [2.05, 4.69) is 41.4 Å². The smallest absolute Gasteiger partial charge is 0.191 e. The second kappa shape index (κ2) is 5.69. The molecule has 2 rings (SSSR count). The van der Waals surface area contributed by atoms with Crippen LogP contribution >= 0.6 is 11.3 Å². The molecule has 1 heterocycles. The van der Waals surface area contributed by atoms with Gasteiger partial charge in [-0.05, 0) is 33.1 Å². The Kier molecular flexibility index (Phi) is 4.22. The number of thiazole rings is 1. The van der Waals surface area contributed by atoms with Crippen molar-refractivity contribution in [2.24, 2.45) is 10.9 Å². The molecule has 1 aliphatic rings. The van der Waals surface area contributed by atoms with Crippen LogP contribution in [0, 0.1) is 19.8 Å². The van der Waals surface area contributed by atoms with Crippen molar-refractivity contribution in [2.45, 2.75) is 46.7 Å². The predicted molar refractivity (Wildman–Crippen MR) is 77.1 cm³/mol. The number of rotatable bonds is 4. The molecule has 2 unspecified atom stereocenters. The van der Waals surface area contributed by atoms with Crippen molar-refractivity contribution in [3.05, 3.63) is 15.6 Å². The number of aryl methyl sites for hydroxylation is 2. The molecular weight excluding hydrogens is 244 g/mol. The summed E-state index contributed by atoms with van der Waals surface area (Å²) >= 11 is 1.74. The summed E-state index contributed by atoms with van der Waals surface area (Å²) in [6.45, 7) is 10.1. The number of aromatic nitrogens is 1. The maximum Gasteiger partial charge on any atom is 0.191 e. The average Bonchev–Trinajstić information content (AvgIpc) is 2.91. The van der Waals surface area contributed by atoms with Crippen molar-refractivity contribution in [1.82, 2.24) is 15.6 Å². The van der Waals surface area contributed by atoms with Crippen LogP contribution in [0.2, 0.25) is 0 Å². The summed E-state index contributed by atoms with van der Waals surface area (Å²) in [6.07, 6.45) is 1.25. The van der Waals surface area contributed by atoms with E-state index in [0.717, 1.165) is 29.1 Å². The van der Waals surface area contributed by atoms with E-state index in [1.165, 1.54) is 11.3 Å². The first-order valence-corrected chi connectivity index (χ1v) is 7.39. The van der Waals surface area contributed by atoms with Crippen molar-refractivity contribution in [3.8, 4) is 0 Å². The Bertz CT molecular complexity index is 419. The van der Waals surface area contributed by atoms with Crippen LogP contribution < -0.4 is 10.6 Å². The molecule has 1 aromatic heterocycles. The van der Waals surface area contributed by atoms with Gasteiger partial charge in [-0.1, -0.05) is 6.92 Å². The molecule has 0 aromatic carbocycles. The van der Waals surface area contributed by atoms with Crippen LogP contribution in [0.5, 0.6) is 0 Å². The molecule has 0 radical (unpaired) electrons. The number of nitrogens with zero attached hydrogens (tertiary/aromatic N) is 2. The minimum absolute atomic E-state index is 0.600. The highest BCUT2D eigenvalue weighted by Crippen LogP contribution is 2.28. The predicted octanol–water partition coefficient (Wildman–Crippen LogP) is 2.22. The lowest BCUT2D eigenvalue weighted by Crippen LogP contribution is -2.39. The topological polar surface area (TPSA) is 49.3 Å². The summed E-state index contributed by atoms with van der Waals surface area (Å²) in [5.74, 6) is 1.69. The summed E-state index contributed by atoms with van der Waals surface area (Å²) in [7, 11) is 0. The van der Waals surface area contributed by atoms with Gasteiger partial charge in [-0.25, -0.2) is 9.98 Å². The molecule has 0 amide bonds. The lowest BCUT2D eigenvalue weighted by atomic mass is 10.4. The second-order valence-corrected chi connectivity index (χ2v) is 6.20. The Balaban J connectivity index is 1.94. The third-order valence-corrected chi connectivity index (χ3v) is 4.28. The van der Waals surface area contributed by atoms with E-state index in [0.29, 0.717) is 12.6 Å². The maximum absolute atomic E-state index is 4.60. The summed E-state index contributed by atoms with van der Waals surface area (Å²) in [5, 5.41) is 7.82. The highest BCUT2D eigenvalue weighted by atomic mass is 32.1. The fraction of sp³-hybridized carbons (Fsp3) is 0.692. The van der Waals surface area contributed by atoms with Gasteiger partial charge in [0.25, 0.3) is 0 Å². The highest BCUT2D eigenvalue weighted by Gasteiger charge is 2.33. The van der Waals surface area contributed by atoms with Gasteiger partial charge in [0.15, 0.2) is 5.96 Å². The monoisotopic (exact) mass is 266 g/mol. The van der Waals surface area contributed by atoms with E-state index in [9.17, 15) is 0 Å². The Morgan fingerprint density at radius 3 is 2.72 bits per heavy atom. The fourth-order valence-corrected chi connectivity index (χ4v) is 2.63. The molecule has 5 heteroatoms. The first kappa shape index (κ1) is 13.3. The first-order valence-electron chi connectivity index (χ1n) is 6.58. The summed E-state index contributed by atoms with van der Waals surface area (Å²) < 4.78 is 0. The number of nitrogens with one attached hydrogen (secondary N) is 2. The molecule has 0 saturated heterocycles. The van der Waals surface area contributed by atoms with Crippen molar-refractivity contribution in [1.29, 1.82) is 0 Å². The number of guanidine groups is 1. The molecule has 2 atom stereocenters. The molecule has 4 nitrogen and oxygen atoms in total. The quantitative estimate of drug-likeness (QED) is 0.649. The Hall–Kier alpha value is -1.10. The van der Waals surface area contributed by atoms with E-state index in [1.807, 2.05) is 6.92 Å². The van der Waals surface area contributed by atoms with Crippen LogP contribution in [0.3, 0.4) is 0 Å². The molecule has 100 valence electrons. The van der Waals surface area contributed by atoms with Gasteiger partial charge in [0, 0.05) is 17.5 Å². The molecular formula is C13H22N4S. The van der Waals surface area contributed by atoms with Crippen LogP contribution in [0.1, 0.15) is 35.8 Å². The highest BCUT2D eigenvalue weighted by molar-refractivity contribution is 7.11. The maximum atomic E-state index is 4.60. The summed E-state index contributed by atoms with van der Waals surface area (Å²) in [5.41, 5.74) is 1.12. The second-order valence-electron chi connectivity index (χ2n) is 4.91. The van der Waals surface area contributed by atoms with E-state index in [1.54, 1.807) is 11.3 Å². The zero-order chi connectivity index (χ0) is 13.1. The SMILES string of the molecule is CCNC(=NCc1nc(C)c(C)s1)NC1CC1C. The molecule has 1 fully saturated rings. The van der Waals surface area contributed by atoms with Gasteiger partial charge >= 0.3 is 0 Å². The summed E-state index contributed by atoms with van der Waals surface area (Å²) in [6, 6.07) is 0.600. The molecule has 0 bridgehead atoms. The Morgan fingerprint density at radius 1 is 1.50 bits per heavy atom. The van der Waals surface area contributed by atoms with Gasteiger partial charge in [0.2, 0.25) is 0 Å². The van der Waals surface area contributed by atoms with Crippen LogP contribution in [-0.2, 0) is 6.54 Å². The first-order chi connectivity index (χ1) is 8.60. The van der Waals surface area contributed by atoms with E-state index in [4.69, 9.17) is 0 Å². The van der Waals surface area contributed by atoms with Gasteiger partial charge < -0.3 is 10.6 Å². The average molecular weight is 266 g/mol. The van der Waals surface area contributed by atoms with E-state index in [-0.39, 0.29) is 0 Å². The third kappa shape index (κ3) is 3.45. The molecule has 2 N–H and O–H groups in total. The van der Waals surface area contributed by atoms with Crippen molar-refractivity contribution >= 4 is 17.3 Å². The minimum atomic E-state index is 0.600. The van der Waals surface area contributed by atoms with Crippen LogP contribution in [-0.4, -0.2) is 23.5 Å². The van der Waals surface area contributed by atoms with Crippen LogP contribution in [0.15, 0.2) is 4.99 Å². The lowest BCUT2D eigenvalue weighted by molar-refractivity contribution is 0.766. The molecule has 0 aliphatic heterocycles. The number of hydrogen-bond donors (Lipinski definition) is 2. The fourth-order valence-electron chi connectivity index (χ4n) is 1.77. The minimum Gasteiger partial charge on any atom is -0.357 e. The van der Waals surface area contributed by atoms with Crippen molar-refractivity contribution < 1.29 is 0 Å². The zero-order valence-corrected chi connectivity index (χ0v) is 12.4. The van der Waals surface area contributed by atoms with E-state index < -0.39 is 0 Å². The van der Waals surface area contributed by atoms with Gasteiger partial charge in [-0.2, -0.15) is 0 Å². The third-order valence-electron chi connectivity index (χ3n) is 3.22. The van der Waals surface area contributed by atoms with Crippen LogP contribution in [0.4, 0.5) is 0 Å². The number of aliphatic imine (C=N–C) groups is 1. The standard InChI is InChI=1S/C13H22N4S/c1-5-14-13(17-11-6-8(11)2)15-7-12-16-9(3)10(4)18-12/h8,11H,5-7H2,1-4H3,(H2,14,15,17). The molecule has 18 heavy (non-hydrogen) atoms. The number of hydrogen-bond acceptors (Lipinski definition) is 3. The summed E-state index contributed by atoms with van der Waals surface area (Å²) in [4.78, 5) is 10.4. The van der Waals surface area contributed by atoms with Gasteiger partial charge in [0.05, 0.1) is 12.2 Å². The van der Waals surface area contributed by atoms with Gasteiger partial charge in [-0.3, -0.25) is 0 Å². The molecule has 1 aliphatic carbocycles. The Labute approximate surface area is 113 Å². The van der Waals surface area contributed by atoms with Gasteiger partial charge in [0.1, 0.15) is 5.01 Å². The Morgan fingerprint density at radius 2 is 2.22 bits per heavy atom. The zero-order valence-electron chi connectivity index (χ0n) is 11.6. The molecule has 1 saturated carbocycles. The lowest BCUT2D eigenvalue weighted by Gasteiger charge is -2.10. The molecule has 0 spiro atoms. The van der Waals surface area contributed by atoms with E-state index >= 15 is 0 Å². The molecule has 1 aromatic rings. The normalized spacial score (nSPS) is 23.0. The van der Waals surface area contributed by atoms with Crippen molar-refractivity contribution in [3.63, 3.8) is 0 Å². The van der Waals surface area contributed by atoms with Crippen LogP contribution in [0.25, 0.3) is 0 Å².